The molecular weight excluding hydrogens is 277 g/mol. The average molecular weight is 294 g/mol. The number of amides is 2. The van der Waals surface area contributed by atoms with Crippen LogP contribution < -0.4 is 0 Å². The molecule has 0 radical (unpaired) electrons. The number of hydrogen-bond donors (Lipinski definition) is 1. The van der Waals surface area contributed by atoms with E-state index < -0.39 is 23.7 Å². The van der Waals surface area contributed by atoms with Gasteiger partial charge in [0.25, 0.3) is 0 Å². The summed E-state index contributed by atoms with van der Waals surface area (Å²) in [5.41, 5.74) is -0.616. The van der Waals surface area contributed by atoms with Crippen molar-refractivity contribution in [3.8, 4) is 0 Å². The molecule has 1 aliphatic rings. The molecular formula is C12H17F3N2O3. The molecule has 2 amide bonds. The highest BCUT2D eigenvalue weighted by molar-refractivity contribution is 5.76. The third-order valence-corrected chi connectivity index (χ3v) is 3.09. The van der Waals surface area contributed by atoms with Crippen LogP contribution in [0.5, 0.6) is 0 Å². The minimum Gasteiger partial charge on any atom is -0.481 e. The van der Waals surface area contributed by atoms with Crippen LogP contribution in [0.3, 0.4) is 0 Å². The van der Waals surface area contributed by atoms with Crippen molar-refractivity contribution in [2.45, 2.75) is 25.9 Å². The highest BCUT2D eigenvalue weighted by Gasteiger charge is 2.35. The Morgan fingerprint density at radius 2 is 2.10 bits per heavy atom. The quantitative estimate of drug-likeness (QED) is 0.808. The Balaban J connectivity index is 2.61. The zero-order valence-corrected chi connectivity index (χ0v) is 11.1. The summed E-state index contributed by atoms with van der Waals surface area (Å²) in [6, 6.07) is -0.425. The van der Waals surface area contributed by atoms with E-state index in [1.54, 1.807) is 6.92 Å². The van der Waals surface area contributed by atoms with E-state index in [0.717, 1.165) is 6.08 Å². The van der Waals surface area contributed by atoms with Crippen molar-refractivity contribution in [2.24, 2.45) is 0 Å². The Bertz CT molecular complexity index is 407. The van der Waals surface area contributed by atoms with Crippen LogP contribution in [0.1, 0.15) is 19.8 Å². The molecule has 0 saturated carbocycles. The summed E-state index contributed by atoms with van der Waals surface area (Å²) in [6.07, 6.45) is -3.75. The second-order valence-corrected chi connectivity index (χ2v) is 4.43. The minimum atomic E-state index is -4.34. The predicted molar refractivity (Wildman–Crippen MR) is 65.2 cm³/mol. The lowest BCUT2D eigenvalue weighted by Gasteiger charge is -2.32. The lowest BCUT2D eigenvalue weighted by Crippen LogP contribution is -2.46. The fourth-order valence-electron chi connectivity index (χ4n) is 1.92. The third kappa shape index (κ3) is 4.43. The number of aliphatic carboxylic acids is 1. The first-order chi connectivity index (χ1) is 9.25. The minimum absolute atomic E-state index is 0.00620. The lowest BCUT2D eigenvalue weighted by molar-refractivity contribution is -0.137. The molecule has 0 spiro atoms. The summed E-state index contributed by atoms with van der Waals surface area (Å²) < 4.78 is 37.4. The first-order valence-electron chi connectivity index (χ1n) is 6.27. The van der Waals surface area contributed by atoms with Gasteiger partial charge >= 0.3 is 18.2 Å². The van der Waals surface area contributed by atoms with E-state index in [9.17, 15) is 22.8 Å². The number of carboxylic acid groups (broad SMARTS) is 1. The van der Waals surface area contributed by atoms with Crippen molar-refractivity contribution in [1.82, 2.24) is 9.80 Å². The average Bonchev–Trinajstić information content (AvgIpc) is 2.38. The molecule has 8 heteroatoms. The number of carbonyl (C=O) groups excluding carboxylic acids is 1. The molecule has 0 unspecified atom stereocenters. The molecule has 0 atom stereocenters. The third-order valence-electron chi connectivity index (χ3n) is 3.09. The van der Waals surface area contributed by atoms with Crippen molar-refractivity contribution in [3.63, 3.8) is 0 Å². The van der Waals surface area contributed by atoms with Gasteiger partial charge < -0.3 is 14.9 Å². The van der Waals surface area contributed by atoms with Gasteiger partial charge in [0.2, 0.25) is 0 Å². The van der Waals surface area contributed by atoms with Crippen molar-refractivity contribution in [1.29, 1.82) is 0 Å². The van der Waals surface area contributed by atoms with Gasteiger partial charge in [-0.15, -0.1) is 0 Å². The Labute approximate surface area is 114 Å². The maximum atomic E-state index is 12.5. The van der Waals surface area contributed by atoms with Crippen molar-refractivity contribution < 1.29 is 27.9 Å². The molecule has 0 bridgehead atoms. The second kappa shape index (κ2) is 6.62. The van der Waals surface area contributed by atoms with Crippen LogP contribution in [0.4, 0.5) is 18.0 Å². The maximum absolute atomic E-state index is 12.5. The van der Waals surface area contributed by atoms with Crippen molar-refractivity contribution in [2.75, 3.05) is 26.2 Å². The number of alkyl halides is 3. The molecule has 1 aliphatic heterocycles. The van der Waals surface area contributed by atoms with Gasteiger partial charge in [0, 0.05) is 31.8 Å². The van der Waals surface area contributed by atoms with Gasteiger partial charge in [0.1, 0.15) is 0 Å². The van der Waals surface area contributed by atoms with Gasteiger partial charge in [-0.3, -0.25) is 4.79 Å². The fraction of sp³-hybridized carbons (Fsp3) is 0.667. The molecule has 0 aromatic rings. The molecule has 0 fully saturated rings. The Kier molecular flexibility index (Phi) is 5.41. The van der Waals surface area contributed by atoms with Crippen molar-refractivity contribution >= 4 is 12.0 Å². The molecule has 20 heavy (non-hydrogen) atoms. The normalized spacial score (nSPS) is 15.8. The largest absolute Gasteiger partial charge is 0.481 e. The second-order valence-electron chi connectivity index (χ2n) is 4.43. The lowest BCUT2D eigenvalue weighted by atomic mass is 10.1. The van der Waals surface area contributed by atoms with Gasteiger partial charge in [0.15, 0.2) is 0 Å². The number of rotatable bonds is 4. The monoisotopic (exact) mass is 294 g/mol. The molecule has 0 aromatic carbocycles. The Morgan fingerprint density at radius 1 is 1.45 bits per heavy atom. The zero-order chi connectivity index (χ0) is 15.3. The predicted octanol–water partition coefficient (Wildman–Crippen LogP) is 2.10. The van der Waals surface area contributed by atoms with Gasteiger partial charge in [0.05, 0.1) is 6.42 Å². The molecule has 0 saturated heterocycles. The van der Waals surface area contributed by atoms with Crippen LogP contribution in [0.2, 0.25) is 0 Å². The molecule has 1 N–H and O–H groups in total. The number of carbonyl (C=O) groups is 2. The number of hydrogen-bond acceptors (Lipinski definition) is 2. The highest BCUT2D eigenvalue weighted by atomic mass is 19.4. The van der Waals surface area contributed by atoms with E-state index in [4.69, 9.17) is 5.11 Å². The highest BCUT2D eigenvalue weighted by Crippen LogP contribution is 2.30. The van der Waals surface area contributed by atoms with Crippen LogP contribution in [0.25, 0.3) is 0 Å². The summed E-state index contributed by atoms with van der Waals surface area (Å²) in [6.45, 7) is 1.96. The van der Waals surface area contributed by atoms with Crippen LogP contribution in [-0.2, 0) is 4.79 Å². The molecule has 114 valence electrons. The van der Waals surface area contributed by atoms with E-state index in [2.05, 4.69) is 0 Å². The smallest absolute Gasteiger partial charge is 0.412 e. The number of urea groups is 1. The standard InChI is InChI=1S/C12H17F3N2O3/c1-2-16(8-5-10(18)19)11(20)17-6-3-9(4-7-17)12(13,14)15/h3H,2,4-8H2,1H3,(H,18,19). The van der Waals surface area contributed by atoms with E-state index in [-0.39, 0.29) is 32.5 Å². The maximum Gasteiger partial charge on any atom is 0.412 e. The summed E-state index contributed by atoms with van der Waals surface area (Å²) in [4.78, 5) is 25.1. The molecule has 1 rings (SSSR count). The summed E-state index contributed by atoms with van der Waals surface area (Å²) in [5, 5.41) is 8.59. The zero-order valence-electron chi connectivity index (χ0n) is 11.1. The SMILES string of the molecule is CCN(CCC(=O)O)C(=O)N1CC=C(C(F)(F)F)CC1. The van der Waals surface area contributed by atoms with E-state index >= 15 is 0 Å². The number of halogens is 3. The number of nitrogens with zero attached hydrogens (tertiary/aromatic N) is 2. The van der Waals surface area contributed by atoms with Crippen LogP contribution in [0.15, 0.2) is 11.6 Å². The van der Waals surface area contributed by atoms with Gasteiger partial charge in [-0.25, -0.2) is 4.79 Å². The van der Waals surface area contributed by atoms with Crippen molar-refractivity contribution in [3.05, 3.63) is 11.6 Å². The first-order valence-corrected chi connectivity index (χ1v) is 6.27. The number of carboxylic acids is 1. The van der Waals surface area contributed by atoms with E-state index in [0.29, 0.717) is 6.54 Å². The first kappa shape index (κ1) is 16.3. The molecule has 0 aliphatic carbocycles. The topological polar surface area (TPSA) is 60.9 Å². The van der Waals surface area contributed by atoms with E-state index in [1.165, 1.54) is 9.80 Å². The Hall–Kier alpha value is -1.73. The fourth-order valence-corrected chi connectivity index (χ4v) is 1.92. The molecule has 5 nitrogen and oxygen atoms in total. The molecule has 0 aromatic heterocycles. The Morgan fingerprint density at radius 3 is 2.50 bits per heavy atom. The van der Waals surface area contributed by atoms with E-state index in [1.807, 2.05) is 0 Å². The molecule has 1 heterocycles. The van der Waals surface area contributed by atoms with Crippen LogP contribution in [-0.4, -0.2) is 59.3 Å². The summed E-state index contributed by atoms with van der Waals surface area (Å²) in [5.74, 6) is -1.02. The summed E-state index contributed by atoms with van der Waals surface area (Å²) in [7, 11) is 0. The van der Waals surface area contributed by atoms with Gasteiger partial charge in [-0.2, -0.15) is 13.2 Å². The summed E-state index contributed by atoms with van der Waals surface area (Å²) >= 11 is 0. The van der Waals surface area contributed by atoms with Gasteiger partial charge in [-0.1, -0.05) is 6.08 Å². The van der Waals surface area contributed by atoms with Gasteiger partial charge in [-0.05, 0) is 13.3 Å². The van der Waals surface area contributed by atoms with Crippen LogP contribution >= 0.6 is 0 Å². The van der Waals surface area contributed by atoms with Crippen LogP contribution in [0, 0.1) is 0 Å².